The lowest BCUT2D eigenvalue weighted by molar-refractivity contribution is 0.198. The van der Waals surface area contributed by atoms with E-state index in [1.165, 1.54) is 25.7 Å². The zero-order valence-electron chi connectivity index (χ0n) is 8.85. The van der Waals surface area contributed by atoms with Crippen LogP contribution in [0.15, 0.2) is 22.8 Å². The monoisotopic (exact) mass is 204 g/mol. The standard InChI is InChI=1S/C12H16N2O/c13-7-8-14(11-4-1-2-5-11)10-12-6-3-9-15-12/h3,6,9,11H,1-2,4-5,8,10H2. The van der Waals surface area contributed by atoms with E-state index < -0.39 is 0 Å². The van der Waals surface area contributed by atoms with Crippen molar-refractivity contribution in [2.24, 2.45) is 0 Å². The number of nitriles is 1. The minimum atomic E-state index is 0.505. The van der Waals surface area contributed by atoms with Gasteiger partial charge in [0.1, 0.15) is 5.76 Å². The lowest BCUT2D eigenvalue weighted by Crippen LogP contribution is -2.32. The molecule has 0 radical (unpaired) electrons. The number of hydrogen-bond donors (Lipinski definition) is 0. The van der Waals surface area contributed by atoms with Crippen LogP contribution in [0, 0.1) is 11.3 Å². The summed E-state index contributed by atoms with van der Waals surface area (Å²) in [7, 11) is 0. The Morgan fingerprint density at radius 2 is 2.27 bits per heavy atom. The minimum Gasteiger partial charge on any atom is -0.468 e. The van der Waals surface area contributed by atoms with E-state index in [1.54, 1.807) is 6.26 Å². The van der Waals surface area contributed by atoms with Gasteiger partial charge in [-0.3, -0.25) is 4.90 Å². The molecule has 0 saturated heterocycles. The summed E-state index contributed by atoms with van der Waals surface area (Å²) in [5, 5.41) is 8.80. The molecule has 0 atom stereocenters. The summed E-state index contributed by atoms with van der Waals surface area (Å²) in [6.45, 7) is 1.27. The molecule has 0 N–H and O–H groups in total. The molecule has 0 spiro atoms. The Hall–Kier alpha value is -1.27. The average Bonchev–Trinajstić information content (AvgIpc) is 2.89. The topological polar surface area (TPSA) is 40.2 Å². The van der Waals surface area contributed by atoms with E-state index in [4.69, 9.17) is 9.68 Å². The lowest BCUT2D eigenvalue weighted by Gasteiger charge is -2.24. The highest BCUT2D eigenvalue weighted by Crippen LogP contribution is 2.24. The van der Waals surface area contributed by atoms with Gasteiger partial charge < -0.3 is 4.42 Å². The third-order valence-electron chi connectivity index (χ3n) is 3.05. The number of furan rings is 1. The van der Waals surface area contributed by atoms with Gasteiger partial charge >= 0.3 is 0 Å². The van der Waals surface area contributed by atoms with E-state index in [0.29, 0.717) is 12.6 Å². The van der Waals surface area contributed by atoms with Crippen molar-refractivity contribution in [2.45, 2.75) is 38.3 Å². The summed E-state index contributed by atoms with van der Waals surface area (Å²) >= 11 is 0. The van der Waals surface area contributed by atoms with Crippen LogP contribution in [0.5, 0.6) is 0 Å². The fourth-order valence-corrected chi connectivity index (χ4v) is 2.28. The van der Waals surface area contributed by atoms with E-state index in [-0.39, 0.29) is 0 Å². The van der Waals surface area contributed by atoms with E-state index >= 15 is 0 Å². The SMILES string of the molecule is N#CCN(Cc1ccco1)C1CCCC1. The Bertz CT molecular complexity index is 320. The second-order valence-electron chi connectivity index (χ2n) is 4.08. The Kier molecular flexibility index (Phi) is 3.41. The first kappa shape index (κ1) is 10.3. The lowest BCUT2D eigenvalue weighted by atomic mass is 10.2. The van der Waals surface area contributed by atoms with Gasteiger partial charge in [0.15, 0.2) is 0 Å². The summed E-state index contributed by atoms with van der Waals surface area (Å²) in [5.41, 5.74) is 0. The zero-order valence-corrected chi connectivity index (χ0v) is 8.85. The summed E-state index contributed by atoms with van der Waals surface area (Å²) in [5.74, 6) is 0.956. The fourth-order valence-electron chi connectivity index (χ4n) is 2.28. The van der Waals surface area contributed by atoms with Crippen LogP contribution in [-0.4, -0.2) is 17.5 Å². The largest absolute Gasteiger partial charge is 0.468 e. The van der Waals surface area contributed by atoms with E-state index in [0.717, 1.165) is 12.3 Å². The van der Waals surface area contributed by atoms with Crippen molar-refractivity contribution in [2.75, 3.05) is 6.54 Å². The normalized spacial score (nSPS) is 17.1. The second kappa shape index (κ2) is 4.99. The Morgan fingerprint density at radius 1 is 1.47 bits per heavy atom. The first-order valence-electron chi connectivity index (χ1n) is 5.53. The van der Waals surface area contributed by atoms with E-state index in [1.807, 2.05) is 12.1 Å². The Morgan fingerprint density at radius 3 is 2.87 bits per heavy atom. The van der Waals surface area contributed by atoms with Crippen LogP contribution in [0.2, 0.25) is 0 Å². The van der Waals surface area contributed by atoms with Gasteiger partial charge in [0.05, 0.1) is 25.4 Å². The van der Waals surface area contributed by atoms with Crippen molar-refractivity contribution in [3.05, 3.63) is 24.2 Å². The molecule has 0 unspecified atom stereocenters. The molecule has 15 heavy (non-hydrogen) atoms. The molecule has 0 bridgehead atoms. The maximum Gasteiger partial charge on any atom is 0.117 e. The van der Waals surface area contributed by atoms with Gasteiger partial charge in [0.25, 0.3) is 0 Å². The van der Waals surface area contributed by atoms with Gasteiger partial charge in [-0.15, -0.1) is 0 Å². The van der Waals surface area contributed by atoms with Crippen molar-refractivity contribution in [3.8, 4) is 6.07 Å². The summed E-state index contributed by atoms with van der Waals surface area (Å²) in [4.78, 5) is 2.23. The maximum atomic E-state index is 8.80. The smallest absolute Gasteiger partial charge is 0.117 e. The van der Waals surface area contributed by atoms with Crippen LogP contribution in [0.1, 0.15) is 31.4 Å². The molecule has 1 saturated carbocycles. The molecule has 1 aromatic rings. The highest BCUT2D eigenvalue weighted by atomic mass is 16.3. The molecule has 3 nitrogen and oxygen atoms in total. The van der Waals surface area contributed by atoms with Crippen LogP contribution in [0.4, 0.5) is 0 Å². The molecule has 2 rings (SSSR count). The van der Waals surface area contributed by atoms with E-state index in [9.17, 15) is 0 Å². The minimum absolute atomic E-state index is 0.505. The van der Waals surface area contributed by atoms with Crippen LogP contribution < -0.4 is 0 Å². The molecule has 1 aliphatic carbocycles. The van der Waals surface area contributed by atoms with Crippen molar-refractivity contribution < 1.29 is 4.42 Å². The highest BCUT2D eigenvalue weighted by molar-refractivity contribution is 4.99. The molecule has 80 valence electrons. The van der Waals surface area contributed by atoms with Crippen LogP contribution in [-0.2, 0) is 6.54 Å². The second-order valence-corrected chi connectivity index (χ2v) is 4.08. The molecule has 1 heterocycles. The van der Waals surface area contributed by atoms with Gasteiger partial charge in [0, 0.05) is 6.04 Å². The summed E-state index contributed by atoms with van der Waals surface area (Å²) in [6, 6.07) is 6.69. The Labute approximate surface area is 90.3 Å². The average molecular weight is 204 g/mol. The third kappa shape index (κ3) is 2.60. The van der Waals surface area contributed by atoms with Gasteiger partial charge in [-0.05, 0) is 25.0 Å². The van der Waals surface area contributed by atoms with Gasteiger partial charge in [-0.2, -0.15) is 5.26 Å². The van der Waals surface area contributed by atoms with E-state index in [2.05, 4.69) is 11.0 Å². The predicted octanol–water partition coefficient (Wildman–Crippen LogP) is 2.55. The molecule has 3 heteroatoms. The number of rotatable bonds is 4. The molecule has 0 aromatic carbocycles. The van der Waals surface area contributed by atoms with Gasteiger partial charge in [-0.25, -0.2) is 0 Å². The molecule has 0 aliphatic heterocycles. The predicted molar refractivity (Wildman–Crippen MR) is 57.0 cm³/mol. The van der Waals surface area contributed by atoms with Crippen LogP contribution >= 0.6 is 0 Å². The van der Waals surface area contributed by atoms with Gasteiger partial charge in [0.2, 0.25) is 0 Å². The molecular formula is C12H16N2O. The van der Waals surface area contributed by atoms with Crippen LogP contribution in [0.3, 0.4) is 0 Å². The molecule has 1 aliphatic rings. The highest BCUT2D eigenvalue weighted by Gasteiger charge is 2.22. The number of nitrogens with zero attached hydrogens (tertiary/aromatic N) is 2. The number of hydrogen-bond acceptors (Lipinski definition) is 3. The fraction of sp³-hybridized carbons (Fsp3) is 0.583. The molecular weight excluding hydrogens is 188 g/mol. The quantitative estimate of drug-likeness (QED) is 0.707. The first-order valence-corrected chi connectivity index (χ1v) is 5.53. The third-order valence-corrected chi connectivity index (χ3v) is 3.05. The van der Waals surface area contributed by atoms with Crippen molar-refractivity contribution in [1.82, 2.24) is 4.90 Å². The van der Waals surface area contributed by atoms with Crippen LogP contribution in [0.25, 0.3) is 0 Å². The summed E-state index contributed by atoms with van der Waals surface area (Å²) in [6.07, 6.45) is 6.73. The Balaban J connectivity index is 1.96. The summed E-state index contributed by atoms with van der Waals surface area (Å²) < 4.78 is 5.32. The molecule has 1 fully saturated rings. The maximum absolute atomic E-state index is 8.80. The molecule has 1 aromatic heterocycles. The first-order chi connectivity index (χ1) is 7.40. The zero-order chi connectivity index (χ0) is 10.5. The van der Waals surface area contributed by atoms with Crippen molar-refractivity contribution in [3.63, 3.8) is 0 Å². The van der Waals surface area contributed by atoms with Gasteiger partial charge in [-0.1, -0.05) is 12.8 Å². The van der Waals surface area contributed by atoms with Crippen molar-refractivity contribution >= 4 is 0 Å². The molecule has 0 amide bonds. The van der Waals surface area contributed by atoms with Crippen molar-refractivity contribution in [1.29, 1.82) is 5.26 Å².